The van der Waals surface area contributed by atoms with E-state index >= 15 is 0 Å². The third kappa shape index (κ3) is 9.41. The quantitative estimate of drug-likeness (QED) is 0.112. The molecular weight excluding hydrogens is 1010 g/mol. The van der Waals surface area contributed by atoms with Crippen molar-refractivity contribution in [3.63, 3.8) is 0 Å². The van der Waals surface area contributed by atoms with Gasteiger partial charge in [-0.2, -0.15) is 8.42 Å². The molecule has 12 heteroatoms. The van der Waals surface area contributed by atoms with E-state index in [0.717, 1.165) is 45.4 Å². The van der Waals surface area contributed by atoms with Crippen LogP contribution in [0.4, 0.5) is 0 Å². The van der Waals surface area contributed by atoms with Crippen molar-refractivity contribution in [1.82, 2.24) is 0 Å². The number of aryl methyl sites for hydroxylation is 2. The minimum atomic E-state index is -4.45. The van der Waals surface area contributed by atoms with Crippen LogP contribution < -0.4 is 9.47 Å². The highest BCUT2D eigenvalue weighted by Crippen LogP contribution is 2.51. The Morgan fingerprint density at radius 1 is 0.382 bits per heavy atom. The minimum Gasteiger partial charge on any atom is -0.457 e. The molecule has 10 aromatic rings. The highest BCUT2D eigenvalue weighted by molar-refractivity contribution is 7.91. The maximum atomic E-state index is 13.9. The van der Waals surface area contributed by atoms with Crippen LogP contribution in [0.1, 0.15) is 44.5 Å². The van der Waals surface area contributed by atoms with Gasteiger partial charge in [0.05, 0.1) is 25.0 Å². The summed E-state index contributed by atoms with van der Waals surface area (Å²) in [6.07, 6.45) is 0.777. The Balaban J connectivity index is 0.823. The molecule has 0 fully saturated rings. The van der Waals surface area contributed by atoms with Crippen LogP contribution in [0, 0.1) is 13.8 Å². The fraction of sp³-hybridized carbons (Fsp3) is 0.0625. The number of ether oxygens (including phenoxy) is 2. The first-order valence-electron chi connectivity index (χ1n) is 24.4. The molecular formula is C64H48O9S3. The number of sulfone groups is 2. The molecule has 0 heterocycles. The number of rotatable bonds is 13. The number of hydrogen-bond acceptors (Lipinski definition) is 8. The van der Waals surface area contributed by atoms with Gasteiger partial charge in [-0.3, -0.25) is 4.55 Å². The Labute approximate surface area is 443 Å². The summed E-state index contributed by atoms with van der Waals surface area (Å²) in [6.45, 7) is 3.66. The maximum absolute atomic E-state index is 13.9. The molecule has 0 aliphatic heterocycles. The van der Waals surface area contributed by atoms with Crippen molar-refractivity contribution in [3.8, 4) is 45.3 Å². The van der Waals surface area contributed by atoms with E-state index in [2.05, 4.69) is 72.8 Å². The average molecular weight is 1060 g/mol. The first-order chi connectivity index (χ1) is 36.6. The van der Waals surface area contributed by atoms with Crippen molar-refractivity contribution >= 4 is 29.8 Å². The molecule has 0 radical (unpaired) electrons. The molecule has 0 saturated heterocycles. The molecule has 0 aromatic heterocycles. The number of benzene rings is 10. The molecule has 376 valence electrons. The molecule has 10 aromatic carbocycles. The van der Waals surface area contributed by atoms with Crippen LogP contribution in [0.5, 0.6) is 23.0 Å². The molecule has 0 unspecified atom stereocenters. The van der Waals surface area contributed by atoms with Gasteiger partial charge in [0, 0.05) is 5.56 Å². The summed E-state index contributed by atoms with van der Waals surface area (Å²) in [7, 11) is -12.0. The molecule has 0 atom stereocenters. The van der Waals surface area contributed by atoms with Crippen LogP contribution in [0.2, 0.25) is 0 Å². The highest BCUT2D eigenvalue weighted by atomic mass is 32.2. The van der Waals surface area contributed by atoms with Gasteiger partial charge in [-0.15, -0.1) is 0 Å². The first kappa shape index (κ1) is 49.8. The maximum Gasteiger partial charge on any atom is 0.295 e. The lowest BCUT2D eigenvalue weighted by atomic mass is 9.60. The van der Waals surface area contributed by atoms with Crippen molar-refractivity contribution < 1.29 is 39.3 Å². The Hall–Kier alpha value is -8.39. The third-order valence-corrected chi connectivity index (χ3v) is 18.4. The van der Waals surface area contributed by atoms with E-state index in [1.807, 2.05) is 43.3 Å². The van der Waals surface area contributed by atoms with Crippen LogP contribution in [0.15, 0.2) is 261 Å². The Morgan fingerprint density at radius 3 is 1.14 bits per heavy atom. The highest BCUT2D eigenvalue weighted by Gasteiger charge is 2.43. The predicted molar refractivity (Wildman–Crippen MR) is 295 cm³/mol. The summed E-state index contributed by atoms with van der Waals surface area (Å²) in [5, 5.41) is 0. The van der Waals surface area contributed by atoms with E-state index in [1.54, 1.807) is 116 Å². The van der Waals surface area contributed by atoms with Crippen LogP contribution in [0.3, 0.4) is 0 Å². The summed E-state index contributed by atoms with van der Waals surface area (Å²) in [6, 6.07) is 71.2. The molecule has 0 amide bonds. The van der Waals surface area contributed by atoms with E-state index in [4.69, 9.17) is 9.47 Å². The lowest BCUT2D eigenvalue weighted by Gasteiger charge is -2.42. The molecule has 0 bridgehead atoms. The standard InChI is InChI=1S/C64H48O9S3/c1-43-11-32-56(33-12-43)74(65,66)58-36-28-54(29-37-58)72-52-24-20-50(21-25-52)64(61-9-5-3-7-48(61)42-49-8-4-6-10-62(49)64)51-22-26-53(27-23-51)73-55-30-38-59(39-31-55)75(67,68)57-34-18-46(19-35-57)45-14-16-47(17-15-45)60-40-13-44(2)41-63(60)76(69,70)71/h3-41H,42H2,1-2H3,(H,69,70,71). The fourth-order valence-electron chi connectivity index (χ4n) is 10.2. The van der Waals surface area contributed by atoms with Crippen molar-refractivity contribution in [2.45, 2.75) is 50.2 Å². The van der Waals surface area contributed by atoms with E-state index in [9.17, 15) is 29.8 Å². The van der Waals surface area contributed by atoms with Crippen LogP contribution in [-0.4, -0.2) is 29.8 Å². The zero-order valence-electron chi connectivity index (χ0n) is 41.2. The summed E-state index contributed by atoms with van der Waals surface area (Å²) in [5.74, 6) is 2.11. The summed E-state index contributed by atoms with van der Waals surface area (Å²) < 4.78 is 101. The largest absolute Gasteiger partial charge is 0.457 e. The minimum absolute atomic E-state index is 0.107. The predicted octanol–water partition coefficient (Wildman–Crippen LogP) is 14.4. The van der Waals surface area contributed by atoms with Crippen molar-refractivity contribution in [1.29, 1.82) is 0 Å². The van der Waals surface area contributed by atoms with Crippen molar-refractivity contribution in [2.75, 3.05) is 0 Å². The molecule has 76 heavy (non-hydrogen) atoms. The van der Waals surface area contributed by atoms with E-state index in [-0.39, 0.29) is 24.5 Å². The van der Waals surface area contributed by atoms with Gasteiger partial charge in [-0.05, 0) is 179 Å². The number of fused-ring (bicyclic) bond motifs is 2. The number of hydrogen-bond donors (Lipinski definition) is 1. The van der Waals surface area contributed by atoms with E-state index in [0.29, 0.717) is 39.7 Å². The van der Waals surface area contributed by atoms with Crippen molar-refractivity contribution in [2.24, 2.45) is 0 Å². The third-order valence-electron chi connectivity index (χ3n) is 14.0. The topological polar surface area (TPSA) is 141 Å². The molecule has 1 aliphatic carbocycles. The SMILES string of the molecule is Cc1ccc(S(=O)(=O)c2ccc(Oc3ccc(C4(c5ccc(Oc6ccc(S(=O)(=O)c7ccc(-c8ccc(-c9ccc(C)cc9S(=O)(=O)O)cc8)cc7)cc6)cc5)c5ccccc5Cc5ccccc54)cc3)cc2)cc1. The van der Waals surface area contributed by atoms with Crippen LogP contribution >= 0.6 is 0 Å². The lowest BCUT2D eigenvalue weighted by Crippen LogP contribution is -2.36. The fourth-order valence-corrected chi connectivity index (χ4v) is 13.5. The van der Waals surface area contributed by atoms with Gasteiger partial charge in [-0.1, -0.05) is 139 Å². The zero-order chi connectivity index (χ0) is 52.8. The van der Waals surface area contributed by atoms with Gasteiger partial charge in [-0.25, -0.2) is 16.8 Å². The summed E-state index contributed by atoms with van der Waals surface area (Å²) >= 11 is 0. The average Bonchev–Trinajstić information content (AvgIpc) is 3.50. The van der Waals surface area contributed by atoms with Gasteiger partial charge in [0.1, 0.15) is 27.9 Å². The normalized spacial score (nSPS) is 13.0. The molecule has 0 spiro atoms. The monoisotopic (exact) mass is 1060 g/mol. The van der Waals surface area contributed by atoms with Crippen LogP contribution in [0.25, 0.3) is 22.3 Å². The smallest absolute Gasteiger partial charge is 0.295 e. The molecule has 9 nitrogen and oxygen atoms in total. The first-order valence-corrected chi connectivity index (χ1v) is 28.8. The van der Waals surface area contributed by atoms with E-state index < -0.39 is 35.2 Å². The van der Waals surface area contributed by atoms with E-state index in [1.165, 1.54) is 29.3 Å². The Bertz CT molecular complexity index is 4100. The van der Waals surface area contributed by atoms with Gasteiger partial charge in [0.25, 0.3) is 10.1 Å². The second-order valence-corrected chi connectivity index (χ2v) is 24.1. The van der Waals surface area contributed by atoms with Gasteiger partial charge < -0.3 is 9.47 Å². The van der Waals surface area contributed by atoms with Gasteiger partial charge in [0.15, 0.2) is 0 Å². The van der Waals surface area contributed by atoms with Gasteiger partial charge in [0.2, 0.25) is 19.7 Å². The second-order valence-electron chi connectivity index (χ2n) is 18.8. The lowest BCUT2D eigenvalue weighted by molar-refractivity contribution is 0.480. The molecule has 11 rings (SSSR count). The van der Waals surface area contributed by atoms with Crippen LogP contribution in [-0.2, 0) is 41.6 Å². The van der Waals surface area contributed by atoms with Crippen molar-refractivity contribution in [3.05, 3.63) is 281 Å². The summed E-state index contributed by atoms with van der Waals surface area (Å²) in [4.78, 5) is 0.474. The summed E-state index contributed by atoms with van der Waals surface area (Å²) in [5.41, 5.74) is 10.2. The molecule has 1 aliphatic rings. The molecule has 0 saturated carbocycles. The molecule has 1 N–H and O–H groups in total. The van der Waals surface area contributed by atoms with Gasteiger partial charge >= 0.3 is 0 Å². The second kappa shape index (κ2) is 19.7. The zero-order valence-corrected chi connectivity index (χ0v) is 43.6. The Morgan fingerprint density at radius 2 is 0.724 bits per heavy atom. The Kier molecular flexibility index (Phi) is 12.9.